The Morgan fingerprint density at radius 3 is 1.23 bits per heavy atom. The van der Waals surface area contributed by atoms with Crippen LogP contribution in [-0.2, 0) is 0 Å². The first kappa shape index (κ1) is 31.9. The molecule has 0 radical (unpaired) electrons. The minimum absolute atomic E-state index is 0.0368. The number of rotatable bonds is 7. The highest BCUT2D eigenvalue weighted by Gasteiger charge is 2.41. The van der Waals surface area contributed by atoms with E-state index in [9.17, 15) is 0 Å². The fraction of sp³-hybridized carbons (Fsp3) is 0.125. The summed E-state index contributed by atoms with van der Waals surface area (Å²) in [5.41, 5.74) is 13.7. The van der Waals surface area contributed by atoms with E-state index in [1.807, 2.05) is 0 Å². The van der Waals surface area contributed by atoms with Crippen molar-refractivity contribution in [1.29, 1.82) is 0 Å². The van der Waals surface area contributed by atoms with Gasteiger partial charge in [-0.05, 0) is 92.5 Å². The second-order valence-corrected chi connectivity index (χ2v) is 14.6. The zero-order valence-corrected chi connectivity index (χ0v) is 30.0. The van der Waals surface area contributed by atoms with Gasteiger partial charge in [0.2, 0.25) is 0 Å². The third-order valence-electron chi connectivity index (χ3n) is 10.6. The molecule has 7 aromatic rings. The molecule has 0 spiro atoms. The lowest BCUT2D eigenvalue weighted by Gasteiger charge is -2.35. The van der Waals surface area contributed by atoms with Gasteiger partial charge in [-0.25, -0.2) is 0 Å². The molecule has 0 saturated heterocycles. The van der Waals surface area contributed by atoms with Crippen molar-refractivity contribution in [2.45, 2.75) is 39.5 Å². The van der Waals surface area contributed by atoms with E-state index in [0.717, 1.165) is 78.7 Å². The highest BCUT2D eigenvalue weighted by Crippen LogP contribution is 2.44. The largest absolute Gasteiger partial charge is 0.458 e. The van der Waals surface area contributed by atoms with Crippen LogP contribution in [0.25, 0.3) is 22.3 Å². The van der Waals surface area contributed by atoms with Gasteiger partial charge in [0.25, 0.3) is 6.71 Å². The Kier molecular flexibility index (Phi) is 7.96. The van der Waals surface area contributed by atoms with Crippen molar-refractivity contribution < 1.29 is 9.47 Å². The van der Waals surface area contributed by atoms with Crippen LogP contribution < -0.4 is 30.8 Å². The zero-order chi connectivity index (χ0) is 35.3. The first-order valence-corrected chi connectivity index (χ1v) is 18.3. The maximum atomic E-state index is 6.95. The SMILES string of the molecule is CC(C)c1ccc(N(c2ccc(C(C)C)cc2)c2cc3c4c(c2)Oc2cc(-c5ccccc5)ccc2B4c2ccc(-c4ccccc4)cc2O3)cc1. The summed E-state index contributed by atoms with van der Waals surface area (Å²) in [4.78, 5) is 2.32. The summed E-state index contributed by atoms with van der Waals surface area (Å²) in [6, 6.07) is 56.6. The summed E-state index contributed by atoms with van der Waals surface area (Å²) in [7, 11) is 0. The van der Waals surface area contributed by atoms with Crippen molar-refractivity contribution in [2.24, 2.45) is 0 Å². The van der Waals surface area contributed by atoms with E-state index in [-0.39, 0.29) is 6.71 Å². The van der Waals surface area contributed by atoms with Gasteiger partial charge in [-0.15, -0.1) is 0 Å². The van der Waals surface area contributed by atoms with Crippen LogP contribution in [0.5, 0.6) is 23.0 Å². The molecule has 0 saturated carbocycles. The lowest BCUT2D eigenvalue weighted by Crippen LogP contribution is -2.57. The lowest BCUT2D eigenvalue weighted by molar-refractivity contribution is 0.465. The zero-order valence-electron chi connectivity index (χ0n) is 30.0. The molecule has 2 heterocycles. The topological polar surface area (TPSA) is 21.7 Å². The second-order valence-electron chi connectivity index (χ2n) is 14.6. The van der Waals surface area contributed by atoms with Crippen molar-refractivity contribution in [3.63, 3.8) is 0 Å². The molecule has 7 aromatic carbocycles. The number of nitrogens with zero attached hydrogens (tertiary/aromatic N) is 1. The van der Waals surface area contributed by atoms with Crippen LogP contribution in [0.15, 0.2) is 158 Å². The van der Waals surface area contributed by atoms with E-state index in [1.54, 1.807) is 0 Å². The van der Waals surface area contributed by atoms with Gasteiger partial charge < -0.3 is 14.4 Å². The molecule has 0 atom stereocenters. The number of benzene rings is 7. The summed E-state index contributed by atoms with van der Waals surface area (Å²) >= 11 is 0. The normalized spacial score (nSPS) is 12.5. The summed E-state index contributed by atoms with van der Waals surface area (Å²) in [6.07, 6.45) is 0. The predicted octanol–water partition coefficient (Wildman–Crippen LogP) is 11.5. The molecule has 4 heteroatoms. The maximum absolute atomic E-state index is 6.95. The van der Waals surface area contributed by atoms with E-state index in [0.29, 0.717) is 11.8 Å². The van der Waals surface area contributed by atoms with Crippen molar-refractivity contribution in [3.8, 4) is 45.3 Å². The summed E-state index contributed by atoms with van der Waals surface area (Å²) in [6.45, 7) is 8.90. The predicted molar refractivity (Wildman–Crippen MR) is 218 cm³/mol. The molecule has 0 N–H and O–H groups in total. The number of fused-ring (bicyclic) bond motifs is 4. The Bertz CT molecular complexity index is 2240. The van der Waals surface area contributed by atoms with Gasteiger partial charge in [-0.2, -0.15) is 0 Å². The molecule has 0 aliphatic carbocycles. The van der Waals surface area contributed by atoms with Gasteiger partial charge in [-0.1, -0.05) is 137 Å². The molecule has 2 aliphatic rings. The molecule has 52 heavy (non-hydrogen) atoms. The minimum atomic E-state index is -0.0368. The molecule has 0 amide bonds. The first-order valence-electron chi connectivity index (χ1n) is 18.3. The van der Waals surface area contributed by atoms with E-state index < -0.39 is 0 Å². The van der Waals surface area contributed by atoms with Crippen molar-refractivity contribution in [3.05, 3.63) is 169 Å². The van der Waals surface area contributed by atoms with Crippen molar-refractivity contribution in [2.75, 3.05) is 4.90 Å². The van der Waals surface area contributed by atoms with Gasteiger partial charge in [-0.3, -0.25) is 0 Å². The van der Waals surface area contributed by atoms with Gasteiger partial charge >= 0.3 is 0 Å². The molecule has 9 rings (SSSR count). The van der Waals surface area contributed by atoms with Crippen LogP contribution in [0.4, 0.5) is 17.1 Å². The van der Waals surface area contributed by atoms with E-state index >= 15 is 0 Å². The van der Waals surface area contributed by atoms with Crippen LogP contribution in [0.1, 0.15) is 50.7 Å². The number of hydrogen-bond donors (Lipinski definition) is 0. The molecule has 0 aromatic heterocycles. The molecule has 252 valence electrons. The van der Waals surface area contributed by atoms with Gasteiger partial charge in [0.05, 0.1) is 5.69 Å². The van der Waals surface area contributed by atoms with Crippen molar-refractivity contribution in [1.82, 2.24) is 0 Å². The number of ether oxygens (including phenoxy) is 2. The number of hydrogen-bond acceptors (Lipinski definition) is 3. The lowest BCUT2D eigenvalue weighted by atomic mass is 9.34. The van der Waals surface area contributed by atoms with Crippen LogP contribution in [0.3, 0.4) is 0 Å². The van der Waals surface area contributed by atoms with Crippen LogP contribution in [0.2, 0.25) is 0 Å². The van der Waals surface area contributed by atoms with Gasteiger partial charge in [0, 0.05) is 29.0 Å². The van der Waals surface area contributed by atoms with E-state index in [1.165, 1.54) is 11.1 Å². The Morgan fingerprint density at radius 2 is 0.827 bits per heavy atom. The number of anilines is 3. The van der Waals surface area contributed by atoms with Crippen LogP contribution in [0, 0.1) is 0 Å². The maximum Gasteiger partial charge on any atom is 0.260 e. The average molecular weight is 674 g/mol. The van der Waals surface area contributed by atoms with Crippen molar-refractivity contribution >= 4 is 40.2 Å². The van der Waals surface area contributed by atoms with E-state index in [2.05, 4.69) is 190 Å². The second kappa shape index (κ2) is 13.0. The molecular formula is C48H40BNO2. The monoisotopic (exact) mass is 673 g/mol. The summed E-state index contributed by atoms with van der Waals surface area (Å²) in [5, 5.41) is 0. The summed E-state index contributed by atoms with van der Waals surface area (Å²) in [5.74, 6) is 4.27. The Balaban J connectivity index is 1.24. The molecule has 0 fully saturated rings. The standard InChI is InChI=1S/C48H40BNO2/c1-31(2)33-15-21-39(22-16-33)50(40-23-17-34(18-24-40)32(3)4)41-29-46-48-47(30-41)52-45-28-38(36-13-9-6-10-14-36)20-26-43(45)49(48)42-25-19-37(27-44(42)51-46)35-11-7-5-8-12-35/h5-32H,1-4H3. The molecular weight excluding hydrogens is 633 g/mol. The average Bonchev–Trinajstić information content (AvgIpc) is 3.18. The quantitative estimate of drug-likeness (QED) is 0.157. The third-order valence-corrected chi connectivity index (χ3v) is 10.6. The molecule has 2 aliphatic heterocycles. The Morgan fingerprint density at radius 1 is 0.404 bits per heavy atom. The fourth-order valence-corrected chi connectivity index (χ4v) is 7.69. The van der Waals surface area contributed by atoms with Gasteiger partial charge in [0.1, 0.15) is 23.0 Å². The minimum Gasteiger partial charge on any atom is -0.458 e. The van der Waals surface area contributed by atoms with E-state index in [4.69, 9.17) is 9.47 Å². The highest BCUT2D eigenvalue weighted by molar-refractivity contribution is 6.98. The molecule has 0 bridgehead atoms. The van der Waals surface area contributed by atoms with Crippen LogP contribution in [-0.4, -0.2) is 6.71 Å². The Labute approximate surface area is 307 Å². The summed E-state index contributed by atoms with van der Waals surface area (Å²) < 4.78 is 13.9. The fourth-order valence-electron chi connectivity index (χ4n) is 7.69. The highest BCUT2D eigenvalue weighted by atomic mass is 16.5. The van der Waals surface area contributed by atoms with Gasteiger partial charge in [0.15, 0.2) is 0 Å². The van der Waals surface area contributed by atoms with Crippen LogP contribution >= 0.6 is 0 Å². The molecule has 3 nitrogen and oxygen atoms in total. The molecule has 0 unspecified atom stereocenters. The Hall–Kier alpha value is -6.00. The third kappa shape index (κ3) is 5.65. The first-order chi connectivity index (χ1) is 25.4. The smallest absolute Gasteiger partial charge is 0.260 e.